The van der Waals surface area contributed by atoms with Crippen LogP contribution in [0, 0.1) is 33.5 Å². The zero-order chi connectivity index (χ0) is 14.7. The monoisotopic (exact) mass is 288 g/mol. The van der Waals surface area contributed by atoms with Crippen LogP contribution in [-0.4, -0.2) is 11.9 Å². The molecule has 6 rings (SSSR count). The summed E-state index contributed by atoms with van der Waals surface area (Å²) >= 11 is 0. The van der Waals surface area contributed by atoms with Crippen LogP contribution in [0.1, 0.15) is 65.2 Å². The number of hydrogen-bond acceptors (Lipinski definition) is 3. The fourth-order valence-electron chi connectivity index (χ4n) is 7.98. The lowest BCUT2D eigenvalue weighted by molar-refractivity contribution is -0.175. The Labute approximate surface area is 125 Å². The Hall–Kier alpha value is -0.860. The van der Waals surface area contributed by atoms with Crippen molar-refractivity contribution in [3.8, 4) is 0 Å². The Balaban J connectivity index is 1.63. The Morgan fingerprint density at radius 3 is 2.52 bits per heavy atom. The van der Waals surface area contributed by atoms with Crippen molar-refractivity contribution >= 4 is 11.9 Å². The summed E-state index contributed by atoms with van der Waals surface area (Å²) in [6, 6.07) is 0. The third-order valence-corrected chi connectivity index (χ3v) is 8.38. The third kappa shape index (κ3) is 1.25. The van der Waals surface area contributed by atoms with Crippen LogP contribution in [0.3, 0.4) is 0 Å². The number of rotatable bonds is 1. The van der Waals surface area contributed by atoms with Gasteiger partial charge in [0.25, 0.3) is 0 Å². The second kappa shape index (κ2) is 3.23. The van der Waals surface area contributed by atoms with Crippen molar-refractivity contribution < 1.29 is 14.3 Å². The molecule has 1 spiro atoms. The average Bonchev–Trinajstić information content (AvgIpc) is 2.74. The van der Waals surface area contributed by atoms with E-state index in [9.17, 15) is 9.59 Å². The Bertz CT molecular complexity index is 583. The first-order valence-electron chi connectivity index (χ1n) is 8.55. The SMILES string of the molecule is CC12CCC34CC(C5CC(=O)OC5=O)(CC3CC4(C)C1)C2. The van der Waals surface area contributed by atoms with Gasteiger partial charge < -0.3 is 4.74 Å². The zero-order valence-corrected chi connectivity index (χ0v) is 13.0. The van der Waals surface area contributed by atoms with Gasteiger partial charge in [-0.1, -0.05) is 13.8 Å². The minimum Gasteiger partial charge on any atom is -0.393 e. The van der Waals surface area contributed by atoms with Gasteiger partial charge in [-0.15, -0.1) is 0 Å². The summed E-state index contributed by atoms with van der Waals surface area (Å²) in [6.07, 6.45) is 9.18. The first kappa shape index (κ1) is 12.7. The van der Waals surface area contributed by atoms with Crippen LogP contribution >= 0.6 is 0 Å². The van der Waals surface area contributed by atoms with Crippen molar-refractivity contribution in [1.29, 1.82) is 0 Å². The van der Waals surface area contributed by atoms with Crippen molar-refractivity contribution in [2.24, 2.45) is 33.5 Å². The van der Waals surface area contributed by atoms with Crippen LogP contribution in [0.5, 0.6) is 0 Å². The van der Waals surface area contributed by atoms with E-state index in [-0.39, 0.29) is 23.3 Å². The minimum absolute atomic E-state index is 0.0629. The van der Waals surface area contributed by atoms with Gasteiger partial charge in [0.15, 0.2) is 0 Å². The van der Waals surface area contributed by atoms with Crippen molar-refractivity contribution in [2.75, 3.05) is 0 Å². The molecule has 5 aliphatic carbocycles. The van der Waals surface area contributed by atoms with Gasteiger partial charge in [0.2, 0.25) is 0 Å². The van der Waals surface area contributed by atoms with E-state index in [1.54, 1.807) is 0 Å². The smallest absolute Gasteiger partial charge is 0.317 e. The highest BCUT2D eigenvalue weighted by atomic mass is 16.6. The largest absolute Gasteiger partial charge is 0.393 e. The van der Waals surface area contributed by atoms with Crippen molar-refractivity contribution in [3.63, 3.8) is 0 Å². The fourth-order valence-corrected chi connectivity index (χ4v) is 7.98. The predicted molar refractivity (Wildman–Crippen MR) is 76.1 cm³/mol. The van der Waals surface area contributed by atoms with Gasteiger partial charge in [-0.05, 0) is 72.5 Å². The highest BCUT2D eigenvalue weighted by molar-refractivity contribution is 5.95. The molecule has 0 aromatic rings. The van der Waals surface area contributed by atoms with Crippen LogP contribution < -0.4 is 0 Å². The first-order chi connectivity index (χ1) is 9.80. The molecule has 0 amide bonds. The minimum atomic E-state index is -0.291. The molecule has 6 atom stereocenters. The van der Waals surface area contributed by atoms with Crippen LogP contribution in [0.25, 0.3) is 0 Å². The third-order valence-electron chi connectivity index (χ3n) is 8.38. The van der Waals surface area contributed by atoms with E-state index in [0.717, 1.165) is 12.3 Å². The lowest BCUT2D eigenvalue weighted by atomic mass is 9.38. The van der Waals surface area contributed by atoms with Gasteiger partial charge in [0, 0.05) is 0 Å². The van der Waals surface area contributed by atoms with Gasteiger partial charge in [-0.3, -0.25) is 9.59 Å². The van der Waals surface area contributed by atoms with E-state index in [2.05, 4.69) is 13.8 Å². The van der Waals surface area contributed by atoms with E-state index in [4.69, 9.17) is 4.74 Å². The molecule has 0 N–H and O–H groups in total. The zero-order valence-electron chi connectivity index (χ0n) is 13.0. The second-order valence-corrected chi connectivity index (χ2v) is 9.58. The molecule has 6 unspecified atom stereocenters. The molecular formula is C18H24O3. The molecule has 0 aromatic heterocycles. The van der Waals surface area contributed by atoms with E-state index in [0.29, 0.717) is 22.7 Å². The lowest BCUT2D eigenvalue weighted by Crippen LogP contribution is -2.58. The Kier molecular flexibility index (Phi) is 1.95. The average molecular weight is 288 g/mol. The van der Waals surface area contributed by atoms with Gasteiger partial charge in [0.05, 0.1) is 12.3 Å². The number of carbonyl (C=O) groups is 2. The first-order valence-corrected chi connectivity index (χ1v) is 8.55. The summed E-state index contributed by atoms with van der Waals surface area (Å²) in [7, 11) is 0. The molecule has 114 valence electrons. The topological polar surface area (TPSA) is 43.4 Å². The van der Waals surface area contributed by atoms with Crippen molar-refractivity contribution in [1.82, 2.24) is 0 Å². The van der Waals surface area contributed by atoms with Gasteiger partial charge >= 0.3 is 11.9 Å². The highest BCUT2D eigenvalue weighted by Gasteiger charge is 2.76. The molecule has 0 radical (unpaired) electrons. The molecule has 0 aromatic carbocycles. The van der Waals surface area contributed by atoms with Crippen LogP contribution in [0.4, 0.5) is 0 Å². The number of carbonyl (C=O) groups excluding carboxylic acids is 2. The van der Waals surface area contributed by atoms with Gasteiger partial charge in [-0.2, -0.15) is 0 Å². The maximum Gasteiger partial charge on any atom is 0.317 e. The van der Waals surface area contributed by atoms with Crippen LogP contribution in [-0.2, 0) is 14.3 Å². The standard InChI is InChI=1S/C18H24O3/c1-15-3-4-18-10-17(9-15,12-5-13(19)21-14(12)20)7-11(18)6-16(18,2)8-15/h11-12H,3-10H2,1-2H3. The number of esters is 2. The summed E-state index contributed by atoms with van der Waals surface area (Å²) < 4.78 is 4.93. The maximum absolute atomic E-state index is 12.3. The quantitative estimate of drug-likeness (QED) is 0.548. The number of fused-ring (bicyclic) bond motifs is 1. The van der Waals surface area contributed by atoms with E-state index < -0.39 is 0 Å². The molecule has 1 saturated heterocycles. The molecule has 3 nitrogen and oxygen atoms in total. The second-order valence-electron chi connectivity index (χ2n) is 9.58. The normalized spacial score (nSPS) is 60.7. The summed E-state index contributed by atoms with van der Waals surface area (Å²) in [4.78, 5) is 23.9. The summed E-state index contributed by atoms with van der Waals surface area (Å²) in [5, 5.41) is 0. The number of cyclic esters (lactones) is 2. The van der Waals surface area contributed by atoms with E-state index in [1.807, 2.05) is 0 Å². The van der Waals surface area contributed by atoms with Gasteiger partial charge in [-0.25, -0.2) is 0 Å². The summed E-state index contributed by atoms with van der Waals surface area (Å²) in [5.41, 5.74) is 1.41. The van der Waals surface area contributed by atoms with Crippen molar-refractivity contribution in [2.45, 2.75) is 65.2 Å². The van der Waals surface area contributed by atoms with Crippen LogP contribution in [0.2, 0.25) is 0 Å². The molecular weight excluding hydrogens is 264 g/mol. The predicted octanol–water partition coefficient (Wildman–Crippen LogP) is 3.46. The molecule has 5 saturated carbocycles. The van der Waals surface area contributed by atoms with Crippen LogP contribution in [0.15, 0.2) is 0 Å². The van der Waals surface area contributed by atoms with E-state index in [1.165, 1.54) is 38.5 Å². The molecule has 6 aliphatic rings. The molecule has 21 heavy (non-hydrogen) atoms. The highest BCUT2D eigenvalue weighted by Crippen LogP contribution is 2.84. The Morgan fingerprint density at radius 1 is 1.05 bits per heavy atom. The number of ether oxygens (including phenoxy) is 1. The fraction of sp³-hybridized carbons (Fsp3) is 0.889. The Morgan fingerprint density at radius 2 is 1.86 bits per heavy atom. The number of hydrogen-bond donors (Lipinski definition) is 0. The van der Waals surface area contributed by atoms with E-state index >= 15 is 0 Å². The molecule has 3 heteroatoms. The summed E-state index contributed by atoms with van der Waals surface area (Å²) in [6.45, 7) is 4.93. The maximum atomic E-state index is 12.3. The molecule has 6 fully saturated rings. The molecule has 3 bridgehead atoms. The lowest BCUT2D eigenvalue weighted by Gasteiger charge is -2.67. The van der Waals surface area contributed by atoms with Gasteiger partial charge in [0.1, 0.15) is 0 Å². The summed E-state index contributed by atoms with van der Waals surface area (Å²) in [5.74, 6) is 0.146. The molecule has 1 aliphatic heterocycles. The molecule has 1 heterocycles. The van der Waals surface area contributed by atoms with Crippen molar-refractivity contribution in [3.05, 3.63) is 0 Å².